The van der Waals surface area contributed by atoms with Crippen molar-refractivity contribution in [1.29, 1.82) is 0 Å². The van der Waals surface area contributed by atoms with Crippen LogP contribution in [0.15, 0.2) is 40.1 Å². The van der Waals surface area contributed by atoms with Gasteiger partial charge in [0.2, 0.25) is 0 Å². The van der Waals surface area contributed by atoms with Crippen LogP contribution in [0.4, 0.5) is 14.5 Å². The van der Waals surface area contributed by atoms with Crippen molar-refractivity contribution in [2.45, 2.75) is 6.92 Å². The molecular formula is C15H10F2N2O2S. The number of aryl methyl sites for hydroxylation is 1. The largest absolute Gasteiger partial charge is 0.449 e. The van der Waals surface area contributed by atoms with Crippen molar-refractivity contribution < 1.29 is 18.0 Å². The average molecular weight is 320 g/mol. The lowest BCUT2D eigenvalue weighted by Gasteiger charge is -2.03. The molecule has 2 aromatic heterocycles. The summed E-state index contributed by atoms with van der Waals surface area (Å²) < 4.78 is 31.4. The minimum atomic E-state index is -1.03. The van der Waals surface area contributed by atoms with Gasteiger partial charge in [0.25, 0.3) is 5.91 Å². The lowest BCUT2D eigenvalue weighted by atomic mass is 10.3. The predicted molar refractivity (Wildman–Crippen MR) is 78.9 cm³/mol. The normalized spacial score (nSPS) is 10.7. The fourth-order valence-electron chi connectivity index (χ4n) is 1.84. The molecule has 0 bridgehead atoms. The van der Waals surface area contributed by atoms with Crippen LogP contribution in [0.1, 0.15) is 15.6 Å². The topological polar surface area (TPSA) is 55.1 Å². The van der Waals surface area contributed by atoms with Gasteiger partial charge < -0.3 is 9.73 Å². The van der Waals surface area contributed by atoms with Crippen molar-refractivity contribution in [3.8, 4) is 11.5 Å². The van der Waals surface area contributed by atoms with Crippen LogP contribution < -0.4 is 5.32 Å². The van der Waals surface area contributed by atoms with E-state index in [1.54, 1.807) is 6.07 Å². The zero-order valence-electron chi connectivity index (χ0n) is 11.4. The molecule has 0 aliphatic heterocycles. The van der Waals surface area contributed by atoms with Crippen LogP contribution in [0.3, 0.4) is 0 Å². The molecule has 0 unspecified atom stereocenters. The summed E-state index contributed by atoms with van der Waals surface area (Å²) in [4.78, 5) is 16.3. The molecule has 2 heterocycles. The monoisotopic (exact) mass is 320 g/mol. The van der Waals surface area contributed by atoms with Crippen LogP contribution in [0, 0.1) is 18.6 Å². The summed E-state index contributed by atoms with van der Waals surface area (Å²) >= 11 is 1.47. The van der Waals surface area contributed by atoms with Crippen molar-refractivity contribution in [3.05, 3.63) is 58.1 Å². The van der Waals surface area contributed by atoms with E-state index in [4.69, 9.17) is 4.42 Å². The SMILES string of the molecule is Cc1nc(-c2ccc(C(=O)Nc3ccc(F)c(F)c3)o2)cs1. The molecule has 1 amide bonds. The van der Waals surface area contributed by atoms with Gasteiger partial charge in [0.1, 0.15) is 5.69 Å². The Morgan fingerprint density at radius 1 is 1.23 bits per heavy atom. The molecule has 0 saturated heterocycles. The third kappa shape index (κ3) is 2.89. The maximum atomic E-state index is 13.1. The van der Waals surface area contributed by atoms with Gasteiger partial charge in [-0.05, 0) is 31.2 Å². The molecule has 0 saturated carbocycles. The molecule has 0 aliphatic carbocycles. The van der Waals surface area contributed by atoms with E-state index < -0.39 is 17.5 Å². The highest BCUT2D eigenvalue weighted by Crippen LogP contribution is 2.24. The second-order valence-electron chi connectivity index (χ2n) is 4.50. The number of benzene rings is 1. The van der Waals surface area contributed by atoms with E-state index in [-0.39, 0.29) is 11.4 Å². The van der Waals surface area contributed by atoms with Crippen molar-refractivity contribution in [3.63, 3.8) is 0 Å². The van der Waals surface area contributed by atoms with Crippen LogP contribution >= 0.6 is 11.3 Å². The maximum absolute atomic E-state index is 13.1. The van der Waals surface area contributed by atoms with Gasteiger partial charge in [-0.25, -0.2) is 13.8 Å². The second-order valence-corrected chi connectivity index (χ2v) is 5.56. The van der Waals surface area contributed by atoms with Gasteiger partial charge in [-0.3, -0.25) is 4.79 Å². The number of carbonyl (C=O) groups is 1. The number of aromatic nitrogens is 1. The first-order valence-electron chi connectivity index (χ1n) is 6.31. The molecule has 1 aromatic carbocycles. The molecule has 0 atom stereocenters. The first kappa shape index (κ1) is 14.4. The van der Waals surface area contributed by atoms with E-state index in [1.165, 1.54) is 23.5 Å². The molecule has 3 rings (SSSR count). The lowest BCUT2D eigenvalue weighted by molar-refractivity contribution is 0.0997. The van der Waals surface area contributed by atoms with Gasteiger partial charge >= 0.3 is 0 Å². The number of hydrogen-bond donors (Lipinski definition) is 1. The first-order valence-corrected chi connectivity index (χ1v) is 7.19. The zero-order chi connectivity index (χ0) is 15.7. The van der Waals surface area contributed by atoms with Crippen molar-refractivity contribution in [2.24, 2.45) is 0 Å². The molecule has 22 heavy (non-hydrogen) atoms. The number of anilines is 1. The molecule has 0 aliphatic rings. The molecular weight excluding hydrogens is 310 g/mol. The van der Waals surface area contributed by atoms with E-state index >= 15 is 0 Å². The third-order valence-corrected chi connectivity index (χ3v) is 3.65. The summed E-state index contributed by atoms with van der Waals surface area (Å²) in [5.41, 5.74) is 0.792. The quantitative estimate of drug-likeness (QED) is 0.785. The summed E-state index contributed by atoms with van der Waals surface area (Å²) in [6.45, 7) is 1.87. The molecule has 112 valence electrons. The molecule has 7 heteroatoms. The summed E-state index contributed by atoms with van der Waals surface area (Å²) in [7, 11) is 0. The van der Waals surface area contributed by atoms with Gasteiger partial charge in [0, 0.05) is 17.1 Å². The molecule has 0 fully saturated rings. The molecule has 1 N–H and O–H groups in total. The minimum Gasteiger partial charge on any atom is -0.449 e. The highest BCUT2D eigenvalue weighted by Gasteiger charge is 2.14. The zero-order valence-corrected chi connectivity index (χ0v) is 12.2. The molecule has 4 nitrogen and oxygen atoms in total. The molecule has 3 aromatic rings. The highest BCUT2D eigenvalue weighted by molar-refractivity contribution is 7.09. The number of halogens is 2. The predicted octanol–water partition coefficient (Wildman–Crippen LogP) is 4.24. The van der Waals surface area contributed by atoms with E-state index in [9.17, 15) is 13.6 Å². The van der Waals surface area contributed by atoms with Crippen LogP contribution in [0.25, 0.3) is 11.5 Å². The molecule has 0 spiro atoms. The maximum Gasteiger partial charge on any atom is 0.291 e. The van der Waals surface area contributed by atoms with Crippen molar-refractivity contribution in [1.82, 2.24) is 4.98 Å². The summed E-state index contributed by atoms with van der Waals surface area (Å²) in [6.07, 6.45) is 0. The number of thiazole rings is 1. The van der Waals surface area contributed by atoms with E-state index in [0.717, 1.165) is 17.1 Å². The smallest absolute Gasteiger partial charge is 0.291 e. The molecule has 0 radical (unpaired) electrons. The Labute approximate surface area is 128 Å². The van der Waals surface area contributed by atoms with Crippen LogP contribution in [-0.2, 0) is 0 Å². The average Bonchev–Trinajstić information content (AvgIpc) is 3.11. The summed E-state index contributed by atoms with van der Waals surface area (Å²) in [5, 5.41) is 5.15. The van der Waals surface area contributed by atoms with Gasteiger partial charge in [-0.1, -0.05) is 0 Å². The fraction of sp³-hybridized carbons (Fsp3) is 0.0667. The number of carbonyl (C=O) groups excluding carboxylic acids is 1. The number of rotatable bonds is 3. The van der Waals surface area contributed by atoms with Crippen molar-refractivity contribution >= 4 is 22.9 Å². The Morgan fingerprint density at radius 2 is 2.05 bits per heavy atom. The van der Waals surface area contributed by atoms with Gasteiger partial charge in [-0.15, -0.1) is 11.3 Å². The Morgan fingerprint density at radius 3 is 2.73 bits per heavy atom. The highest BCUT2D eigenvalue weighted by atomic mass is 32.1. The second kappa shape index (κ2) is 5.69. The van der Waals surface area contributed by atoms with Gasteiger partial charge in [0.15, 0.2) is 23.2 Å². The third-order valence-electron chi connectivity index (χ3n) is 2.88. The summed E-state index contributed by atoms with van der Waals surface area (Å²) in [5.74, 6) is -2.03. The fourth-order valence-corrected chi connectivity index (χ4v) is 2.44. The Kier molecular flexibility index (Phi) is 3.72. The Bertz CT molecular complexity index is 842. The summed E-state index contributed by atoms with van der Waals surface area (Å²) in [6, 6.07) is 6.25. The Balaban J connectivity index is 1.78. The van der Waals surface area contributed by atoms with E-state index in [2.05, 4.69) is 10.3 Å². The number of amides is 1. The number of nitrogens with zero attached hydrogens (tertiary/aromatic N) is 1. The van der Waals surface area contributed by atoms with Crippen LogP contribution in [0.5, 0.6) is 0 Å². The van der Waals surface area contributed by atoms with Gasteiger partial charge in [0.05, 0.1) is 5.01 Å². The van der Waals surface area contributed by atoms with Gasteiger partial charge in [-0.2, -0.15) is 0 Å². The Hall–Kier alpha value is -2.54. The van der Waals surface area contributed by atoms with Crippen LogP contribution in [-0.4, -0.2) is 10.9 Å². The number of nitrogens with one attached hydrogen (secondary N) is 1. The number of hydrogen-bond acceptors (Lipinski definition) is 4. The van der Waals surface area contributed by atoms with Crippen molar-refractivity contribution in [2.75, 3.05) is 5.32 Å². The lowest BCUT2D eigenvalue weighted by Crippen LogP contribution is -2.11. The standard InChI is InChI=1S/C15H10F2N2O2S/c1-8-18-12(7-22-8)13-4-5-14(21-13)15(20)19-9-2-3-10(16)11(17)6-9/h2-7H,1H3,(H,19,20). The number of furan rings is 1. The van der Waals surface area contributed by atoms with E-state index in [1.807, 2.05) is 12.3 Å². The van der Waals surface area contributed by atoms with E-state index in [0.29, 0.717) is 11.5 Å². The minimum absolute atomic E-state index is 0.0605. The van der Waals surface area contributed by atoms with Crippen LogP contribution in [0.2, 0.25) is 0 Å². The first-order chi connectivity index (χ1) is 10.5.